The first kappa shape index (κ1) is 14.4. The van der Waals surface area contributed by atoms with Crippen LogP contribution in [-0.4, -0.2) is 58.5 Å². The fraction of sp³-hybridized carbons (Fsp3) is 0.471. The predicted molar refractivity (Wildman–Crippen MR) is 87.7 cm³/mol. The quantitative estimate of drug-likeness (QED) is 0.779. The summed E-state index contributed by atoms with van der Waals surface area (Å²) in [4.78, 5) is 33.8. The van der Waals surface area contributed by atoms with Gasteiger partial charge in [0.2, 0.25) is 0 Å². The Balaban J connectivity index is 1.70. The number of benzene rings is 1. The highest BCUT2D eigenvalue weighted by Gasteiger charge is 2.22. The fourth-order valence-electron chi connectivity index (χ4n) is 3.41. The second kappa shape index (κ2) is 5.45. The molecule has 1 fully saturated rings. The van der Waals surface area contributed by atoms with E-state index in [1.165, 1.54) is 0 Å². The molecule has 6 heteroatoms. The molecule has 6 nitrogen and oxygen atoms in total. The normalized spacial score (nSPS) is 18.4. The molecule has 2 aliphatic rings. The minimum Gasteiger partial charge on any atom is -0.336 e. The lowest BCUT2D eigenvalue weighted by Crippen LogP contribution is -2.47. The number of aromatic nitrogens is 2. The Morgan fingerprint density at radius 2 is 1.91 bits per heavy atom. The van der Waals surface area contributed by atoms with E-state index in [1.807, 2.05) is 4.90 Å². The van der Waals surface area contributed by atoms with E-state index in [1.54, 1.807) is 22.8 Å². The highest BCUT2D eigenvalue weighted by molar-refractivity contribution is 5.97. The number of nitrogens with zero attached hydrogens (tertiary/aromatic N) is 4. The third kappa shape index (κ3) is 2.43. The van der Waals surface area contributed by atoms with E-state index in [0.29, 0.717) is 16.5 Å². The molecule has 0 spiro atoms. The van der Waals surface area contributed by atoms with Crippen molar-refractivity contribution in [1.82, 2.24) is 19.4 Å². The molecule has 2 aliphatic heterocycles. The van der Waals surface area contributed by atoms with E-state index in [9.17, 15) is 9.59 Å². The van der Waals surface area contributed by atoms with Crippen LogP contribution in [0.1, 0.15) is 22.6 Å². The van der Waals surface area contributed by atoms with Crippen LogP contribution < -0.4 is 5.56 Å². The van der Waals surface area contributed by atoms with E-state index < -0.39 is 0 Å². The summed E-state index contributed by atoms with van der Waals surface area (Å²) in [7, 11) is 2.07. The van der Waals surface area contributed by atoms with Gasteiger partial charge < -0.3 is 9.80 Å². The molecule has 0 bridgehead atoms. The molecule has 0 N–H and O–H groups in total. The fourth-order valence-corrected chi connectivity index (χ4v) is 3.41. The molecule has 0 aliphatic carbocycles. The minimum atomic E-state index is 0.0149. The lowest BCUT2D eigenvalue weighted by atomic mass is 10.1. The summed E-state index contributed by atoms with van der Waals surface area (Å²) in [5, 5.41) is 0.602. The first-order valence-corrected chi connectivity index (χ1v) is 8.15. The molecule has 1 amide bonds. The number of rotatable bonds is 1. The number of likely N-dealkylation sites (N-methyl/N-ethyl adjacent to an activating group) is 1. The van der Waals surface area contributed by atoms with Crippen molar-refractivity contribution in [3.63, 3.8) is 0 Å². The first-order valence-electron chi connectivity index (χ1n) is 8.15. The molecule has 1 aromatic carbocycles. The van der Waals surface area contributed by atoms with Crippen molar-refractivity contribution in [2.45, 2.75) is 19.4 Å². The zero-order valence-corrected chi connectivity index (χ0v) is 13.3. The van der Waals surface area contributed by atoms with Gasteiger partial charge in [0.1, 0.15) is 5.82 Å². The van der Waals surface area contributed by atoms with Crippen LogP contribution in [0.25, 0.3) is 10.9 Å². The van der Waals surface area contributed by atoms with Gasteiger partial charge in [0.25, 0.3) is 11.5 Å². The van der Waals surface area contributed by atoms with Crippen molar-refractivity contribution in [2.24, 2.45) is 0 Å². The molecule has 23 heavy (non-hydrogen) atoms. The molecular weight excluding hydrogens is 292 g/mol. The van der Waals surface area contributed by atoms with Crippen LogP contribution in [0.5, 0.6) is 0 Å². The number of aryl methyl sites for hydroxylation is 1. The summed E-state index contributed by atoms with van der Waals surface area (Å²) in [6.45, 7) is 4.03. The second-order valence-corrected chi connectivity index (χ2v) is 6.42. The van der Waals surface area contributed by atoms with E-state index in [-0.39, 0.29) is 11.5 Å². The Kier molecular flexibility index (Phi) is 3.41. The standard InChI is InChI=1S/C17H20N4O2/c1-19-7-9-20(10-8-19)16(22)12-4-5-13-14(11-12)18-15-3-2-6-21(15)17(13)23/h4-5,11H,2-3,6-10H2,1H3. The maximum atomic E-state index is 12.7. The van der Waals surface area contributed by atoms with Gasteiger partial charge >= 0.3 is 0 Å². The monoisotopic (exact) mass is 312 g/mol. The van der Waals surface area contributed by atoms with Gasteiger partial charge in [0.15, 0.2) is 0 Å². The molecule has 0 radical (unpaired) electrons. The van der Waals surface area contributed by atoms with E-state index in [2.05, 4.69) is 16.9 Å². The molecule has 1 aromatic heterocycles. The molecule has 0 atom stereocenters. The van der Waals surface area contributed by atoms with Gasteiger partial charge in [-0.25, -0.2) is 4.98 Å². The van der Waals surface area contributed by atoms with Crippen LogP contribution in [0.4, 0.5) is 0 Å². The maximum Gasteiger partial charge on any atom is 0.261 e. The number of fused-ring (bicyclic) bond motifs is 2. The van der Waals surface area contributed by atoms with Crippen molar-refractivity contribution in [3.05, 3.63) is 39.9 Å². The van der Waals surface area contributed by atoms with E-state index >= 15 is 0 Å². The van der Waals surface area contributed by atoms with Crippen LogP contribution >= 0.6 is 0 Å². The SMILES string of the molecule is CN1CCN(C(=O)c2ccc3c(=O)n4c(nc3c2)CCC4)CC1. The van der Waals surface area contributed by atoms with Gasteiger partial charge in [-0.2, -0.15) is 0 Å². The maximum absolute atomic E-state index is 12.7. The number of hydrogen-bond acceptors (Lipinski definition) is 4. The summed E-state index contributed by atoms with van der Waals surface area (Å²) in [6.07, 6.45) is 1.80. The Bertz CT molecular complexity index is 834. The van der Waals surface area contributed by atoms with Gasteiger partial charge in [-0.15, -0.1) is 0 Å². The molecule has 0 saturated carbocycles. The van der Waals surface area contributed by atoms with Crippen molar-refractivity contribution >= 4 is 16.8 Å². The smallest absolute Gasteiger partial charge is 0.261 e. The van der Waals surface area contributed by atoms with Crippen molar-refractivity contribution in [2.75, 3.05) is 33.2 Å². The Hall–Kier alpha value is -2.21. The lowest BCUT2D eigenvalue weighted by Gasteiger charge is -2.32. The summed E-state index contributed by atoms with van der Waals surface area (Å²) in [5.74, 6) is 0.870. The van der Waals surface area contributed by atoms with Crippen LogP contribution in [0.2, 0.25) is 0 Å². The number of hydrogen-bond donors (Lipinski definition) is 0. The van der Waals surface area contributed by atoms with E-state index in [4.69, 9.17) is 0 Å². The van der Waals surface area contributed by atoms with Gasteiger partial charge in [0.05, 0.1) is 10.9 Å². The molecule has 0 unspecified atom stereocenters. The zero-order chi connectivity index (χ0) is 16.0. The average molecular weight is 312 g/mol. The van der Waals surface area contributed by atoms with Crippen LogP contribution in [0.3, 0.4) is 0 Å². The summed E-state index contributed by atoms with van der Waals surface area (Å²) < 4.78 is 1.75. The summed E-state index contributed by atoms with van der Waals surface area (Å²) >= 11 is 0. The van der Waals surface area contributed by atoms with Crippen LogP contribution in [0, 0.1) is 0 Å². The van der Waals surface area contributed by atoms with Gasteiger partial charge in [0, 0.05) is 44.7 Å². The third-order valence-electron chi connectivity index (χ3n) is 4.85. The van der Waals surface area contributed by atoms with E-state index in [0.717, 1.165) is 51.4 Å². The predicted octanol–water partition coefficient (Wildman–Crippen LogP) is 0.730. The van der Waals surface area contributed by atoms with Gasteiger partial charge in [-0.3, -0.25) is 14.2 Å². The Labute approximate surface area is 134 Å². The zero-order valence-electron chi connectivity index (χ0n) is 13.3. The number of carbonyl (C=O) groups excluding carboxylic acids is 1. The molecule has 1 saturated heterocycles. The summed E-state index contributed by atoms with van der Waals surface area (Å²) in [5.41, 5.74) is 1.28. The molecule has 120 valence electrons. The molecule has 3 heterocycles. The average Bonchev–Trinajstić information content (AvgIpc) is 3.03. The number of piperazine rings is 1. The number of amides is 1. The van der Waals surface area contributed by atoms with Gasteiger partial charge in [-0.1, -0.05) is 0 Å². The molecular formula is C17H20N4O2. The second-order valence-electron chi connectivity index (χ2n) is 6.42. The van der Waals surface area contributed by atoms with Gasteiger partial charge in [-0.05, 0) is 31.7 Å². The van der Waals surface area contributed by atoms with Crippen molar-refractivity contribution in [3.8, 4) is 0 Å². The lowest BCUT2D eigenvalue weighted by molar-refractivity contribution is 0.0664. The highest BCUT2D eigenvalue weighted by Crippen LogP contribution is 2.17. The van der Waals surface area contributed by atoms with Crippen molar-refractivity contribution in [1.29, 1.82) is 0 Å². The first-order chi connectivity index (χ1) is 11.1. The topological polar surface area (TPSA) is 58.4 Å². The number of carbonyl (C=O) groups is 1. The molecule has 2 aromatic rings. The third-order valence-corrected chi connectivity index (χ3v) is 4.85. The Morgan fingerprint density at radius 1 is 1.13 bits per heavy atom. The van der Waals surface area contributed by atoms with Crippen LogP contribution in [-0.2, 0) is 13.0 Å². The highest BCUT2D eigenvalue weighted by atomic mass is 16.2. The Morgan fingerprint density at radius 3 is 2.70 bits per heavy atom. The summed E-state index contributed by atoms with van der Waals surface area (Å²) in [6, 6.07) is 5.28. The largest absolute Gasteiger partial charge is 0.336 e. The van der Waals surface area contributed by atoms with Crippen LogP contribution in [0.15, 0.2) is 23.0 Å². The molecule has 4 rings (SSSR count). The minimum absolute atomic E-state index is 0.0149. The van der Waals surface area contributed by atoms with Crippen molar-refractivity contribution < 1.29 is 4.79 Å².